The fourth-order valence-electron chi connectivity index (χ4n) is 16.7. The average Bonchev–Trinajstić information content (AvgIpc) is 1.63. The zero-order valence-corrected chi connectivity index (χ0v) is 73.4. The summed E-state index contributed by atoms with van der Waals surface area (Å²) in [6, 6.07) is 44.2. The van der Waals surface area contributed by atoms with Crippen LogP contribution in [-0.4, -0.2) is 165 Å². The lowest BCUT2D eigenvalue weighted by Gasteiger charge is -2.29. The number of carbonyl (C=O) groups is 12. The van der Waals surface area contributed by atoms with E-state index in [0.717, 1.165) is 51.1 Å². The molecule has 131 heavy (non-hydrogen) atoms. The molecule has 0 radical (unpaired) electrons. The van der Waals surface area contributed by atoms with Crippen LogP contribution in [-0.2, 0) is 121 Å². The van der Waals surface area contributed by atoms with Gasteiger partial charge in [0, 0.05) is 146 Å². The number of hydrogen-bond donors (Lipinski definition) is 8. The first-order valence-electron chi connectivity index (χ1n) is 43.0. The second kappa shape index (κ2) is 42.3. The first-order chi connectivity index (χ1) is 63.3. The summed E-state index contributed by atoms with van der Waals surface area (Å²) in [7, 11) is -8.87. The zero-order valence-electron chi connectivity index (χ0n) is 72.0. The summed E-state index contributed by atoms with van der Waals surface area (Å²) < 4.78 is 99.7. The number of Topliss-reactive ketones (excluding diaryl/α,β-unsaturated/α-hetero) is 4. The second-order valence-electron chi connectivity index (χ2n) is 32.4. The van der Waals surface area contributed by atoms with Gasteiger partial charge in [0.1, 0.15) is 46.9 Å². The molecular formula is C97H94ClF3N12O16S2. The number of nitrogens with one attached hydrogen (secondary N) is 5. The zero-order chi connectivity index (χ0) is 94.2. The number of fused-ring (bicyclic) bond motifs is 4. The number of hydrogen-bond acceptors (Lipinski definition) is 22. The molecule has 0 aliphatic carbocycles. The molecule has 0 bridgehead atoms. The molecule has 11 N–H and O–H groups in total. The van der Waals surface area contributed by atoms with E-state index in [1.165, 1.54) is 46.5 Å². The van der Waals surface area contributed by atoms with Gasteiger partial charge in [-0.3, -0.25) is 72.6 Å². The summed E-state index contributed by atoms with van der Waals surface area (Å²) in [5.41, 5.74) is 30.7. The molecule has 2 saturated heterocycles. The van der Waals surface area contributed by atoms with Crippen LogP contribution >= 0.6 is 11.6 Å². The van der Waals surface area contributed by atoms with Crippen molar-refractivity contribution < 1.29 is 88.9 Å². The third-order valence-corrected chi connectivity index (χ3v) is 27.0. The molecule has 10 aromatic rings. The molecule has 34 heteroatoms. The Labute approximate surface area is 759 Å². The van der Waals surface area contributed by atoms with Crippen LogP contribution in [0.25, 0.3) is 44.5 Å². The number of rotatable bonds is 30. The molecule has 6 aliphatic heterocycles. The van der Waals surface area contributed by atoms with Gasteiger partial charge < -0.3 is 43.0 Å². The fraction of sp³-hybridized carbons (Fsp3) is 0.278. The van der Waals surface area contributed by atoms with Crippen LogP contribution in [0, 0.1) is 11.6 Å². The maximum atomic E-state index is 15.7. The summed E-state index contributed by atoms with van der Waals surface area (Å²) in [5.74, 6) is -4.52. The number of amides is 8. The van der Waals surface area contributed by atoms with Crippen molar-refractivity contribution >= 4 is 113 Å². The monoisotopic (exact) mass is 1840 g/mol. The van der Waals surface area contributed by atoms with Gasteiger partial charge in [-0.15, -0.1) is 11.6 Å². The highest BCUT2D eigenvalue weighted by atomic mass is 35.5. The topological polar surface area (TPSA) is 444 Å². The molecule has 16 rings (SSSR count). The minimum Gasteiger partial charge on any atom is -0.383 e. The average molecular weight is 1840 g/mol. The van der Waals surface area contributed by atoms with Gasteiger partial charge in [-0.2, -0.15) is 0 Å². The van der Waals surface area contributed by atoms with Crippen LogP contribution in [0.2, 0.25) is 0 Å². The largest absolute Gasteiger partial charge is 0.383 e. The molecule has 0 spiro atoms. The Morgan fingerprint density at radius 3 is 1.34 bits per heavy atom. The van der Waals surface area contributed by atoms with Crippen molar-refractivity contribution in [2.75, 3.05) is 57.2 Å². The van der Waals surface area contributed by atoms with Gasteiger partial charge in [-0.1, -0.05) is 109 Å². The smallest absolute Gasteiger partial charge is 0.255 e. The van der Waals surface area contributed by atoms with Gasteiger partial charge in [0.2, 0.25) is 23.6 Å². The standard InChI is InChI=1S/C48H45FN6O8S.C30H25ClFN3O4S.C18H21N3O4.CH3F/c49-42-23-36(10-12-37(42)33-22-40(45(50)53-24-33)31-9-11-38-32(20-31)15-17-52-46(38)59)64(62,63)27-29-5-1-4-28(18-29)19-35(57)25-51-16-3-7-34(56)21-30-6-2-8-39-41(30)26-55(48(39)61)43-13-14-44(58)54-47(43)60;31-15-23(36)11-18-2-1-3-19(10-18)17-40(38,39)24-5-7-25(28(32)14-24)22-13-27(29(33)35-16-22)20-4-6-26-21(12-20)8-9-34-30(26)37;19-8-2-4-12(22)9-11-3-1-5-13-14(11)10-21(18(13)25)15-6-7-16(23)20-17(15)24;1-2/h1-2,4-6,8-12,18,20,22-24,43,51H,3,7,13-17,19,21,25-27H2,(H2,50,53)(H,52,59)(H,54,58,60);1-7,10,12-14,16H,8-9,11,15,17H2,(H2,33,35)(H,34,37);1,3,5,15H,2,4,6-10,19H2,(H,20,23,24);1H3/i;;;1D. The quantitative estimate of drug-likeness (QED) is 0.0118. The van der Waals surface area contributed by atoms with E-state index in [0.29, 0.717) is 144 Å². The van der Waals surface area contributed by atoms with Gasteiger partial charge in [-0.05, 0) is 179 Å². The number of halogens is 4. The van der Waals surface area contributed by atoms with E-state index in [9.17, 15) is 78.8 Å². The van der Waals surface area contributed by atoms with Gasteiger partial charge in [0.05, 0.1) is 42.2 Å². The fourth-order valence-corrected chi connectivity index (χ4v) is 19.5. The normalized spacial score (nSPS) is 15.7. The number of nitrogen functional groups attached to an aromatic ring is 2. The molecule has 2 unspecified atom stereocenters. The van der Waals surface area contributed by atoms with E-state index in [4.69, 9.17) is 30.2 Å². The second-order valence-corrected chi connectivity index (χ2v) is 36.6. The summed E-state index contributed by atoms with van der Waals surface area (Å²) in [6.45, 7) is 2.47. The van der Waals surface area contributed by atoms with Crippen LogP contribution in [0.4, 0.5) is 24.8 Å². The number of sulfone groups is 2. The van der Waals surface area contributed by atoms with Crippen molar-refractivity contribution in [1.29, 1.82) is 0 Å². The Kier molecular flexibility index (Phi) is 30.2. The van der Waals surface area contributed by atoms with Gasteiger partial charge in [0.25, 0.3) is 23.6 Å². The number of nitrogens with two attached hydrogens (primary N) is 3. The minimum atomic E-state index is -3.99. The van der Waals surface area contributed by atoms with Crippen LogP contribution in [0.5, 0.6) is 0 Å². The van der Waals surface area contributed by atoms with Crippen molar-refractivity contribution in [3.05, 3.63) is 272 Å². The van der Waals surface area contributed by atoms with E-state index < -0.39 is 68.1 Å². The van der Waals surface area contributed by atoms with Gasteiger partial charge in [0.15, 0.2) is 31.2 Å². The van der Waals surface area contributed by atoms with Crippen molar-refractivity contribution in [3.63, 3.8) is 0 Å². The minimum absolute atomic E-state index is 0.0348. The Balaban J connectivity index is 0.000000184. The lowest BCUT2D eigenvalue weighted by Crippen LogP contribution is -2.52. The van der Waals surface area contributed by atoms with Gasteiger partial charge >= 0.3 is 0 Å². The summed E-state index contributed by atoms with van der Waals surface area (Å²) in [4.78, 5) is 158. The highest BCUT2D eigenvalue weighted by Crippen LogP contribution is 2.39. The lowest BCUT2D eigenvalue weighted by molar-refractivity contribution is -0.138. The molecule has 28 nitrogen and oxygen atoms in total. The highest BCUT2D eigenvalue weighted by Gasteiger charge is 2.42. The van der Waals surface area contributed by atoms with Crippen LogP contribution in [0.1, 0.15) is 150 Å². The molecule has 8 amide bonds. The van der Waals surface area contributed by atoms with Crippen molar-refractivity contribution in [1.82, 2.24) is 46.4 Å². The number of alkyl halides is 2. The molecule has 6 aliphatic rings. The number of pyridine rings is 2. The SMILES string of the molecule is NCCCC(=O)Cc1cccc2c1CN(C1CCC(=O)NC1=O)C2=O.Nc1ncc(-c2ccc(S(=O)(=O)Cc3cccc(CC(=O)CCl)c3)cc2F)cc1-c1ccc2c(c1)CCNC2=O.Nc1ncc(-c2ccc(S(=O)(=O)Cc3cccc(CC(=O)CNCCCC(=O)Cc4cccc5c4CN(C4CCC(=O)NC4=O)C5=O)c3)cc2F)cc1-c1ccc2c(c1)CCNC2=O.[2H]CF. The Hall–Kier alpha value is -13.6. The maximum Gasteiger partial charge on any atom is 0.255 e. The lowest BCUT2D eigenvalue weighted by atomic mass is 9.94. The number of imide groups is 2. The van der Waals surface area contributed by atoms with Crippen LogP contribution in [0.15, 0.2) is 192 Å². The number of aromatic nitrogens is 2. The van der Waals surface area contributed by atoms with E-state index in [2.05, 4.69) is 36.6 Å². The molecule has 2 fully saturated rings. The number of piperidine rings is 2. The molecule has 8 aromatic carbocycles. The summed E-state index contributed by atoms with van der Waals surface area (Å²) in [5, 5.41) is 13.3. The first-order valence-corrected chi connectivity index (χ1v) is 46.1. The maximum absolute atomic E-state index is 15.7. The van der Waals surface area contributed by atoms with Crippen LogP contribution in [0.3, 0.4) is 0 Å². The van der Waals surface area contributed by atoms with E-state index in [1.54, 1.807) is 115 Å². The first kappa shape index (κ1) is 93.5. The predicted octanol–water partition coefficient (Wildman–Crippen LogP) is 10.1. The highest BCUT2D eigenvalue weighted by molar-refractivity contribution is 7.91. The molecule has 2 aromatic heterocycles. The molecule has 2 atom stereocenters. The van der Waals surface area contributed by atoms with Crippen LogP contribution < -0.4 is 43.8 Å². The van der Waals surface area contributed by atoms with Crippen molar-refractivity contribution in [2.45, 2.75) is 136 Å². The molecule has 0 saturated carbocycles. The number of anilines is 2. The molecule has 678 valence electrons. The number of nitrogens with zero attached hydrogens (tertiary/aromatic N) is 4. The predicted molar refractivity (Wildman–Crippen MR) is 484 cm³/mol. The number of ketones is 4. The van der Waals surface area contributed by atoms with E-state index in [-0.39, 0.29) is 167 Å². The van der Waals surface area contributed by atoms with Gasteiger partial charge in [-0.25, -0.2) is 35.6 Å². The molecular weight excluding hydrogens is 1750 g/mol. The number of carbonyl (C=O) groups excluding carboxylic acids is 12. The third-order valence-electron chi connectivity index (χ3n) is 23.3. The Morgan fingerprint density at radius 1 is 0.489 bits per heavy atom. The Bertz CT molecular complexity index is 6520. The van der Waals surface area contributed by atoms with Crippen molar-refractivity contribution in [3.8, 4) is 44.5 Å². The van der Waals surface area contributed by atoms with E-state index in [1.807, 2.05) is 18.2 Å². The summed E-state index contributed by atoms with van der Waals surface area (Å²) >= 11 is 5.57. The summed E-state index contributed by atoms with van der Waals surface area (Å²) in [6.07, 6.45) is 7.49. The molecule has 8 heterocycles. The van der Waals surface area contributed by atoms with E-state index >= 15 is 8.78 Å². The Morgan fingerprint density at radius 2 is 0.908 bits per heavy atom. The third kappa shape index (κ3) is 22.8. The van der Waals surface area contributed by atoms with Crippen molar-refractivity contribution in [2.24, 2.45) is 5.73 Å². The number of benzene rings is 8.